The summed E-state index contributed by atoms with van der Waals surface area (Å²) < 4.78 is 2.30. The molecule has 1 N–H and O–H groups in total. The number of benzene rings is 1. The second-order valence-electron chi connectivity index (χ2n) is 5.12. The SMILES string of the molecule is Cn1ccc(NC(=O)CCN2C(=O)c3ccc(Br)cc3C2=O)n1. The number of nitrogens with one attached hydrogen (secondary N) is 1. The lowest BCUT2D eigenvalue weighted by Crippen LogP contribution is -2.32. The molecule has 0 unspecified atom stereocenters. The third-order valence-electron chi connectivity index (χ3n) is 3.48. The summed E-state index contributed by atoms with van der Waals surface area (Å²) in [6, 6.07) is 6.59. The highest BCUT2D eigenvalue weighted by atomic mass is 79.9. The first-order valence-corrected chi connectivity index (χ1v) is 7.70. The first-order chi connectivity index (χ1) is 11.0. The van der Waals surface area contributed by atoms with Crippen LogP contribution in [0.1, 0.15) is 27.1 Å². The Balaban J connectivity index is 1.64. The molecule has 1 aliphatic rings. The molecule has 3 rings (SSSR count). The quantitative estimate of drug-likeness (QED) is 0.824. The van der Waals surface area contributed by atoms with E-state index < -0.39 is 0 Å². The molecule has 0 spiro atoms. The number of rotatable bonds is 4. The van der Waals surface area contributed by atoms with Gasteiger partial charge in [-0.1, -0.05) is 15.9 Å². The lowest BCUT2D eigenvalue weighted by atomic mass is 10.1. The van der Waals surface area contributed by atoms with E-state index in [1.807, 2.05) is 0 Å². The number of hydrogen-bond acceptors (Lipinski definition) is 4. The highest BCUT2D eigenvalue weighted by Gasteiger charge is 2.35. The highest BCUT2D eigenvalue weighted by Crippen LogP contribution is 2.26. The molecule has 8 heteroatoms. The largest absolute Gasteiger partial charge is 0.309 e. The molecule has 3 amide bonds. The summed E-state index contributed by atoms with van der Waals surface area (Å²) in [6.45, 7) is 0.0304. The van der Waals surface area contributed by atoms with Crippen molar-refractivity contribution in [3.8, 4) is 0 Å². The van der Waals surface area contributed by atoms with Crippen LogP contribution in [0.4, 0.5) is 5.82 Å². The third-order valence-corrected chi connectivity index (χ3v) is 3.97. The average Bonchev–Trinajstić information content (AvgIpc) is 3.00. The van der Waals surface area contributed by atoms with Crippen molar-refractivity contribution in [1.82, 2.24) is 14.7 Å². The summed E-state index contributed by atoms with van der Waals surface area (Å²) in [4.78, 5) is 37.5. The molecular weight excluding hydrogens is 364 g/mol. The van der Waals surface area contributed by atoms with Crippen molar-refractivity contribution in [3.63, 3.8) is 0 Å². The molecule has 0 radical (unpaired) electrons. The first kappa shape index (κ1) is 15.4. The molecule has 118 valence electrons. The van der Waals surface area contributed by atoms with Crippen LogP contribution in [0.25, 0.3) is 0 Å². The van der Waals surface area contributed by atoms with Crippen molar-refractivity contribution in [2.75, 3.05) is 11.9 Å². The second kappa shape index (κ2) is 5.96. The van der Waals surface area contributed by atoms with Crippen LogP contribution in [0.3, 0.4) is 0 Å². The molecule has 0 aliphatic carbocycles. The molecule has 0 saturated heterocycles. The van der Waals surface area contributed by atoms with E-state index in [1.54, 1.807) is 42.2 Å². The Morgan fingerprint density at radius 3 is 2.65 bits per heavy atom. The third kappa shape index (κ3) is 3.02. The van der Waals surface area contributed by atoms with Gasteiger partial charge in [-0.05, 0) is 18.2 Å². The summed E-state index contributed by atoms with van der Waals surface area (Å²) >= 11 is 3.28. The Labute approximate surface area is 140 Å². The molecule has 1 aliphatic heterocycles. The Bertz CT molecular complexity index is 815. The zero-order valence-corrected chi connectivity index (χ0v) is 13.8. The van der Waals surface area contributed by atoms with Crippen molar-refractivity contribution >= 4 is 39.5 Å². The van der Waals surface area contributed by atoms with Crippen LogP contribution in [-0.4, -0.2) is 38.9 Å². The topological polar surface area (TPSA) is 84.3 Å². The predicted molar refractivity (Wildman–Crippen MR) is 86.0 cm³/mol. The van der Waals surface area contributed by atoms with E-state index in [-0.39, 0.29) is 30.7 Å². The van der Waals surface area contributed by atoms with Gasteiger partial charge in [0.2, 0.25) is 5.91 Å². The molecule has 2 aromatic rings. The smallest absolute Gasteiger partial charge is 0.261 e. The van der Waals surface area contributed by atoms with Gasteiger partial charge in [-0.15, -0.1) is 0 Å². The highest BCUT2D eigenvalue weighted by molar-refractivity contribution is 9.10. The number of aromatic nitrogens is 2. The van der Waals surface area contributed by atoms with Crippen molar-refractivity contribution < 1.29 is 14.4 Å². The number of imide groups is 1. The summed E-state index contributed by atoms with van der Waals surface area (Å²) in [5.41, 5.74) is 0.720. The molecule has 1 aromatic heterocycles. The van der Waals surface area contributed by atoms with Crippen molar-refractivity contribution in [2.45, 2.75) is 6.42 Å². The van der Waals surface area contributed by atoms with E-state index in [1.165, 1.54) is 0 Å². The zero-order chi connectivity index (χ0) is 16.6. The van der Waals surface area contributed by atoms with E-state index in [4.69, 9.17) is 0 Å². The maximum absolute atomic E-state index is 12.3. The van der Waals surface area contributed by atoms with Gasteiger partial charge >= 0.3 is 0 Å². The summed E-state index contributed by atoms with van der Waals surface area (Å²) in [6.07, 6.45) is 1.72. The zero-order valence-electron chi connectivity index (χ0n) is 12.2. The van der Waals surface area contributed by atoms with Gasteiger partial charge in [0.05, 0.1) is 11.1 Å². The first-order valence-electron chi connectivity index (χ1n) is 6.91. The summed E-state index contributed by atoms with van der Waals surface area (Å²) in [5, 5.41) is 6.65. The maximum atomic E-state index is 12.3. The number of carbonyl (C=O) groups excluding carboxylic acids is 3. The predicted octanol–water partition coefficient (Wildman–Crippen LogP) is 1.81. The van der Waals surface area contributed by atoms with Crippen molar-refractivity contribution in [3.05, 3.63) is 46.1 Å². The van der Waals surface area contributed by atoms with Crippen LogP contribution in [0, 0.1) is 0 Å². The van der Waals surface area contributed by atoms with Crippen LogP contribution in [0.5, 0.6) is 0 Å². The lowest BCUT2D eigenvalue weighted by Gasteiger charge is -2.13. The molecule has 0 saturated carbocycles. The van der Waals surface area contributed by atoms with Crippen molar-refractivity contribution in [1.29, 1.82) is 0 Å². The molecule has 23 heavy (non-hydrogen) atoms. The van der Waals surface area contributed by atoms with E-state index in [9.17, 15) is 14.4 Å². The fourth-order valence-corrected chi connectivity index (χ4v) is 2.73. The maximum Gasteiger partial charge on any atom is 0.261 e. The average molecular weight is 377 g/mol. The number of anilines is 1. The number of amides is 3. The minimum atomic E-state index is -0.378. The second-order valence-corrected chi connectivity index (χ2v) is 6.04. The Morgan fingerprint density at radius 1 is 1.22 bits per heavy atom. The molecule has 7 nitrogen and oxygen atoms in total. The van der Waals surface area contributed by atoms with Crippen LogP contribution in [-0.2, 0) is 11.8 Å². The van der Waals surface area contributed by atoms with Gasteiger partial charge in [-0.25, -0.2) is 0 Å². The minimum Gasteiger partial charge on any atom is -0.309 e. The molecule has 0 fully saturated rings. The lowest BCUT2D eigenvalue weighted by molar-refractivity contribution is -0.116. The molecular formula is C15H13BrN4O3. The molecule has 0 atom stereocenters. The molecule has 0 bridgehead atoms. The standard InChI is InChI=1S/C15H13BrN4O3/c1-19-6-4-12(18-19)17-13(21)5-7-20-14(22)10-3-2-9(16)8-11(10)15(20)23/h2-4,6,8H,5,7H2,1H3,(H,17,18,21). The minimum absolute atomic E-state index is 0.0171. The van der Waals surface area contributed by atoms with Crippen LogP contribution < -0.4 is 5.32 Å². The number of fused-ring (bicyclic) bond motifs is 1. The number of carbonyl (C=O) groups is 3. The van der Waals surface area contributed by atoms with Crippen LogP contribution in [0.2, 0.25) is 0 Å². The number of hydrogen-bond donors (Lipinski definition) is 1. The fourth-order valence-electron chi connectivity index (χ4n) is 2.37. The van der Waals surface area contributed by atoms with Gasteiger partial charge in [-0.2, -0.15) is 5.10 Å². The Kier molecular flexibility index (Phi) is 3.99. The van der Waals surface area contributed by atoms with Gasteiger partial charge in [0.1, 0.15) is 0 Å². The van der Waals surface area contributed by atoms with Crippen LogP contribution in [0.15, 0.2) is 34.9 Å². The van der Waals surface area contributed by atoms with Gasteiger partial charge in [0.15, 0.2) is 5.82 Å². The fraction of sp³-hybridized carbons (Fsp3) is 0.200. The number of aryl methyl sites for hydroxylation is 1. The van der Waals surface area contributed by atoms with Gasteiger partial charge in [-0.3, -0.25) is 24.0 Å². The van der Waals surface area contributed by atoms with E-state index in [2.05, 4.69) is 26.3 Å². The summed E-state index contributed by atoms with van der Waals surface area (Å²) in [7, 11) is 1.74. The van der Waals surface area contributed by atoms with Gasteiger partial charge in [0.25, 0.3) is 11.8 Å². The van der Waals surface area contributed by atoms with Crippen LogP contribution >= 0.6 is 15.9 Å². The monoisotopic (exact) mass is 376 g/mol. The van der Waals surface area contributed by atoms with E-state index >= 15 is 0 Å². The van der Waals surface area contributed by atoms with Gasteiger partial charge in [0, 0.05) is 36.7 Å². The summed E-state index contributed by atoms with van der Waals surface area (Å²) in [5.74, 6) is -0.620. The Hall–Kier alpha value is -2.48. The van der Waals surface area contributed by atoms with Crippen molar-refractivity contribution in [2.24, 2.45) is 7.05 Å². The number of nitrogens with zero attached hydrogens (tertiary/aromatic N) is 3. The van der Waals surface area contributed by atoms with E-state index in [0.717, 1.165) is 9.37 Å². The Morgan fingerprint density at radius 2 is 1.96 bits per heavy atom. The number of halogens is 1. The molecule has 1 aromatic carbocycles. The molecule has 2 heterocycles. The van der Waals surface area contributed by atoms with Gasteiger partial charge < -0.3 is 5.32 Å². The normalized spacial score (nSPS) is 13.4. The van der Waals surface area contributed by atoms with E-state index in [0.29, 0.717) is 16.9 Å².